The van der Waals surface area contributed by atoms with Crippen molar-refractivity contribution < 1.29 is 9.90 Å². The van der Waals surface area contributed by atoms with Crippen molar-refractivity contribution in [3.63, 3.8) is 0 Å². The molecule has 2 rings (SSSR count). The molecule has 0 spiro atoms. The van der Waals surface area contributed by atoms with E-state index in [2.05, 4.69) is 16.8 Å². The van der Waals surface area contributed by atoms with Crippen LogP contribution < -0.4 is 4.90 Å². The fourth-order valence-corrected chi connectivity index (χ4v) is 3.01. The first kappa shape index (κ1) is 14.1. The molecule has 19 heavy (non-hydrogen) atoms. The Morgan fingerprint density at radius 3 is 2.68 bits per heavy atom. The van der Waals surface area contributed by atoms with Crippen LogP contribution in [0.2, 0.25) is 5.02 Å². The highest BCUT2D eigenvalue weighted by atomic mass is 35.5. The first-order valence-electron chi connectivity index (χ1n) is 6.79. The van der Waals surface area contributed by atoms with E-state index in [9.17, 15) is 4.79 Å². The van der Waals surface area contributed by atoms with Gasteiger partial charge in [-0.15, -0.1) is 0 Å². The molecule has 1 heterocycles. The molecule has 0 unspecified atom stereocenters. The maximum Gasteiger partial charge on any atom is 0.337 e. The van der Waals surface area contributed by atoms with Crippen molar-refractivity contribution in [2.75, 3.05) is 11.4 Å². The summed E-state index contributed by atoms with van der Waals surface area (Å²) in [5, 5.41) is 9.36. The van der Waals surface area contributed by atoms with E-state index in [-0.39, 0.29) is 5.56 Å². The van der Waals surface area contributed by atoms with Crippen molar-refractivity contribution in [3.8, 4) is 0 Å². The van der Waals surface area contributed by atoms with E-state index < -0.39 is 5.97 Å². The molecular weight excluding hydrogens is 264 g/mol. The molecule has 1 fully saturated rings. The minimum absolute atomic E-state index is 0.133. The summed E-state index contributed by atoms with van der Waals surface area (Å²) >= 11 is 6.20. The van der Waals surface area contributed by atoms with Gasteiger partial charge in [-0.25, -0.2) is 9.78 Å². The van der Waals surface area contributed by atoms with Crippen molar-refractivity contribution in [1.82, 2.24) is 4.98 Å². The molecule has 1 aromatic rings. The number of hydrogen-bond acceptors (Lipinski definition) is 3. The van der Waals surface area contributed by atoms with Gasteiger partial charge < -0.3 is 10.0 Å². The lowest BCUT2D eigenvalue weighted by atomic mass is 9.94. The number of carboxylic acid groups (broad SMARTS) is 1. The van der Waals surface area contributed by atoms with Gasteiger partial charge >= 0.3 is 5.97 Å². The molecule has 1 aliphatic rings. The Balaban J connectivity index is 2.24. The SMILES string of the molecule is CCN(c1ncc(C(=O)O)cc1Cl)C1CCCCC1. The van der Waals surface area contributed by atoms with Crippen LogP contribution in [0.3, 0.4) is 0 Å². The number of carboxylic acids is 1. The zero-order chi connectivity index (χ0) is 13.8. The Hall–Kier alpha value is -1.29. The maximum absolute atomic E-state index is 10.9. The van der Waals surface area contributed by atoms with Crippen LogP contribution in [0.4, 0.5) is 5.82 Å². The van der Waals surface area contributed by atoms with E-state index in [0.29, 0.717) is 16.9 Å². The summed E-state index contributed by atoms with van der Waals surface area (Å²) in [6, 6.07) is 1.96. The lowest BCUT2D eigenvalue weighted by Gasteiger charge is -2.35. The third-order valence-electron chi connectivity index (χ3n) is 3.70. The van der Waals surface area contributed by atoms with E-state index in [0.717, 1.165) is 19.4 Å². The lowest BCUT2D eigenvalue weighted by Crippen LogP contribution is -2.37. The molecular formula is C14H19ClN2O2. The number of rotatable bonds is 4. The van der Waals surface area contributed by atoms with Gasteiger partial charge in [0.2, 0.25) is 0 Å². The second-order valence-corrected chi connectivity index (χ2v) is 5.32. The number of halogens is 1. The number of carbonyl (C=O) groups is 1. The zero-order valence-electron chi connectivity index (χ0n) is 11.1. The molecule has 104 valence electrons. The van der Waals surface area contributed by atoms with E-state index in [1.54, 1.807) is 0 Å². The third kappa shape index (κ3) is 3.18. The molecule has 0 atom stereocenters. The third-order valence-corrected chi connectivity index (χ3v) is 3.98. The van der Waals surface area contributed by atoms with Crippen LogP contribution in [0.1, 0.15) is 49.4 Å². The largest absolute Gasteiger partial charge is 0.478 e. The number of aromatic carboxylic acids is 1. The number of hydrogen-bond donors (Lipinski definition) is 1. The van der Waals surface area contributed by atoms with Gasteiger partial charge in [-0.3, -0.25) is 0 Å². The van der Waals surface area contributed by atoms with Crippen molar-refractivity contribution in [3.05, 3.63) is 22.8 Å². The molecule has 0 bridgehead atoms. The first-order valence-corrected chi connectivity index (χ1v) is 7.16. The van der Waals surface area contributed by atoms with Gasteiger partial charge in [0.05, 0.1) is 10.6 Å². The summed E-state index contributed by atoms with van der Waals surface area (Å²) in [5.74, 6) is -0.289. The molecule has 0 aromatic carbocycles. The monoisotopic (exact) mass is 282 g/mol. The number of anilines is 1. The first-order chi connectivity index (χ1) is 9.13. The van der Waals surface area contributed by atoms with Gasteiger partial charge in [0.1, 0.15) is 5.82 Å². The Morgan fingerprint density at radius 2 is 2.16 bits per heavy atom. The van der Waals surface area contributed by atoms with Crippen LogP contribution in [0.25, 0.3) is 0 Å². The van der Waals surface area contributed by atoms with Crippen LogP contribution in [-0.4, -0.2) is 28.6 Å². The fourth-order valence-electron chi connectivity index (χ4n) is 2.73. The highest BCUT2D eigenvalue weighted by molar-refractivity contribution is 6.33. The fraction of sp³-hybridized carbons (Fsp3) is 0.571. The predicted octanol–water partition coefficient (Wildman–Crippen LogP) is 3.59. The normalized spacial score (nSPS) is 16.3. The van der Waals surface area contributed by atoms with E-state index in [1.165, 1.54) is 31.5 Å². The minimum atomic E-state index is -0.998. The molecule has 4 nitrogen and oxygen atoms in total. The van der Waals surface area contributed by atoms with Crippen molar-refractivity contribution >= 4 is 23.4 Å². The Labute approximate surface area is 118 Å². The van der Waals surface area contributed by atoms with Crippen LogP contribution in [0.5, 0.6) is 0 Å². The molecule has 1 aliphatic carbocycles. The van der Waals surface area contributed by atoms with Crippen molar-refractivity contribution in [2.24, 2.45) is 0 Å². The van der Waals surface area contributed by atoms with Crippen LogP contribution in [0.15, 0.2) is 12.3 Å². The summed E-state index contributed by atoms with van der Waals surface area (Å²) in [6.07, 6.45) is 7.49. The molecule has 0 aliphatic heterocycles. The Bertz CT molecular complexity index is 459. The van der Waals surface area contributed by atoms with Gasteiger partial charge in [-0.1, -0.05) is 30.9 Å². The number of pyridine rings is 1. The topological polar surface area (TPSA) is 53.4 Å². The number of aromatic nitrogens is 1. The number of nitrogens with zero attached hydrogens (tertiary/aromatic N) is 2. The molecule has 5 heteroatoms. The zero-order valence-corrected chi connectivity index (χ0v) is 11.9. The molecule has 1 aromatic heterocycles. The summed E-state index contributed by atoms with van der Waals surface area (Å²) in [6.45, 7) is 2.92. The average Bonchev–Trinajstić information content (AvgIpc) is 2.42. The van der Waals surface area contributed by atoms with Gasteiger partial charge in [-0.2, -0.15) is 0 Å². The Kier molecular flexibility index (Phi) is 4.64. The smallest absolute Gasteiger partial charge is 0.337 e. The maximum atomic E-state index is 10.9. The van der Waals surface area contributed by atoms with E-state index in [4.69, 9.17) is 16.7 Å². The van der Waals surface area contributed by atoms with Crippen molar-refractivity contribution in [2.45, 2.75) is 45.1 Å². The predicted molar refractivity (Wildman–Crippen MR) is 76.1 cm³/mol. The molecule has 0 radical (unpaired) electrons. The van der Waals surface area contributed by atoms with Gasteiger partial charge in [-0.05, 0) is 25.8 Å². The van der Waals surface area contributed by atoms with Gasteiger partial charge in [0, 0.05) is 18.8 Å². The molecule has 1 saturated carbocycles. The summed E-state index contributed by atoms with van der Waals surface area (Å²) in [7, 11) is 0. The molecule has 0 amide bonds. The van der Waals surface area contributed by atoms with E-state index >= 15 is 0 Å². The summed E-state index contributed by atoms with van der Waals surface area (Å²) in [4.78, 5) is 17.4. The standard InChI is InChI=1S/C14H19ClN2O2/c1-2-17(11-6-4-3-5-7-11)13-12(15)8-10(9-16-13)14(18)19/h8-9,11H,2-7H2,1H3,(H,18,19). The Morgan fingerprint density at radius 1 is 1.47 bits per heavy atom. The highest BCUT2D eigenvalue weighted by Gasteiger charge is 2.23. The van der Waals surface area contributed by atoms with Gasteiger partial charge in [0.25, 0.3) is 0 Å². The van der Waals surface area contributed by atoms with Crippen molar-refractivity contribution in [1.29, 1.82) is 0 Å². The second kappa shape index (κ2) is 6.24. The second-order valence-electron chi connectivity index (χ2n) is 4.91. The molecule has 1 N–H and O–H groups in total. The minimum Gasteiger partial charge on any atom is -0.478 e. The summed E-state index contributed by atoms with van der Waals surface area (Å²) < 4.78 is 0. The van der Waals surface area contributed by atoms with Gasteiger partial charge in [0.15, 0.2) is 0 Å². The van der Waals surface area contributed by atoms with Crippen LogP contribution in [0, 0.1) is 0 Å². The highest BCUT2D eigenvalue weighted by Crippen LogP contribution is 2.30. The van der Waals surface area contributed by atoms with E-state index in [1.807, 2.05) is 0 Å². The van der Waals surface area contributed by atoms with Crippen LogP contribution in [-0.2, 0) is 0 Å². The lowest BCUT2D eigenvalue weighted by molar-refractivity contribution is 0.0696. The van der Waals surface area contributed by atoms with Crippen LogP contribution >= 0.6 is 11.6 Å². The molecule has 0 saturated heterocycles. The summed E-state index contributed by atoms with van der Waals surface area (Å²) in [5.41, 5.74) is 0.133. The average molecular weight is 283 g/mol. The quantitative estimate of drug-likeness (QED) is 0.917.